The Morgan fingerprint density at radius 1 is 1.09 bits per heavy atom. The third-order valence-corrected chi connectivity index (χ3v) is 3.72. The molecule has 0 saturated carbocycles. The number of nitrogens with zero attached hydrogens (tertiary/aromatic N) is 3. The van der Waals surface area contributed by atoms with Crippen LogP contribution in [0.2, 0.25) is 5.02 Å². The van der Waals surface area contributed by atoms with Gasteiger partial charge in [-0.05, 0) is 36.0 Å². The van der Waals surface area contributed by atoms with Crippen molar-refractivity contribution in [3.8, 4) is 11.4 Å². The van der Waals surface area contributed by atoms with E-state index < -0.39 is 0 Å². The van der Waals surface area contributed by atoms with Crippen molar-refractivity contribution in [3.05, 3.63) is 76.0 Å². The van der Waals surface area contributed by atoms with Gasteiger partial charge in [0.05, 0.1) is 5.02 Å². The highest BCUT2D eigenvalue weighted by Gasteiger charge is 2.10. The van der Waals surface area contributed by atoms with Gasteiger partial charge in [-0.2, -0.15) is 14.9 Å². The van der Waals surface area contributed by atoms with Crippen LogP contribution >= 0.6 is 23.8 Å². The number of benzene rings is 2. The lowest BCUT2D eigenvalue weighted by atomic mass is 10.2. The first-order valence-electron chi connectivity index (χ1n) is 6.94. The molecule has 0 radical (unpaired) electrons. The molecule has 0 aliphatic heterocycles. The number of rotatable bonds is 4. The maximum atomic E-state index is 6.21. The maximum Gasteiger partial charge on any atom is 0.216 e. The van der Waals surface area contributed by atoms with Crippen LogP contribution < -0.4 is 0 Å². The Balaban J connectivity index is 1.88. The summed E-state index contributed by atoms with van der Waals surface area (Å²) in [6.45, 7) is 0. The molecule has 0 fully saturated rings. The maximum absolute atomic E-state index is 6.21. The monoisotopic (exact) mass is 340 g/mol. The summed E-state index contributed by atoms with van der Waals surface area (Å²) in [6, 6.07) is 17.4. The minimum Gasteiger partial charge on any atom is -0.250 e. The van der Waals surface area contributed by atoms with Crippen LogP contribution in [0.5, 0.6) is 0 Å². The molecule has 6 heteroatoms. The number of aromatic nitrogens is 3. The van der Waals surface area contributed by atoms with Gasteiger partial charge in [0.1, 0.15) is 0 Å². The normalized spacial score (nSPS) is 11.5. The summed E-state index contributed by atoms with van der Waals surface area (Å²) in [5.74, 6) is 0.574. The molecule has 0 bridgehead atoms. The molecular formula is C17H13ClN4S. The molecule has 0 spiro atoms. The highest BCUT2D eigenvalue weighted by Crippen LogP contribution is 2.25. The van der Waals surface area contributed by atoms with Gasteiger partial charge in [0.2, 0.25) is 4.77 Å². The Labute approximate surface area is 143 Å². The number of hydrogen-bond donors (Lipinski definition) is 1. The van der Waals surface area contributed by atoms with E-state index in [9.17, 15) is 0 Å². The van der Waals surface area contributed by atoms with Gasteiger partial charge in [-0.15, -0.1) is 0 Å². The van der Waals surface area contributed by atoms with Gasteiger partial charge in [0.15, 0.2) is 5.82 Å². The van der Waals surface area contributed by atoms with Crippen LogP contribution in [0.4, 0.5) is 0 Å². The van der Waals surface area contributed by atoms with Crippen LogP contribution in [0, 0.1) is 4.77 Å². The molecule has 0 aliphatic carbocycles. The van der Waals surface area contributed by atoms with Gasteiger partial charge in [-0.3, -0.25) is 0 Å². The summed E-state index contributed by atoms with van der Waals surface area (Å²) in [5, 5.41) is 11.9. The number of aromatic amines is 1. The number of nitrogens with one attached hydrogen (secondary N) is 1. The molecule has 0 unspecified atom stereocenters. The molecule has 0 amide bonds. The van der Waals surface area contributed by atoms with Crippen molar-refractivity contribution in [3.63, 3.8) is 0 Å². The van der Waals surface area contributed by atoms with Crippen LogP contribution in [0.15, 0.2) is 65.8 Å². The Hall–Kier alpha value is -2.50. The second-order valence-corrected chi connectivity index (χ2v) is 5.47. The molecule has 0 aliphatic rings. The Morgan fingerprint density at radius 2 is 1.83 bits per heavy atom. The van der Waals surface area contributed by atoms with E-state index in [2.05, 4.69) is 15.3 Å². The summed E-state index contributed by atoms with van der Waals surface area (Å²) in [5.41, 5.74) is 1.87. The number of allylic oxidation sites excluding steroid dienone is 1. The van der Waals surface area contributed by atoms with E-state index in [0.29, 0.717) is 15.6 Å². The Bertz CT molecular complexity index is 910. The van der Waals surface area contributed by atoms with E-state index in [1.807, 2.05) is 60.7 Å². The van der Waals surface area contributed by atoms with Crippen molar-refractivity contribution in [2.24, 2.45) is 5.10 Å². The average Bonchev–Trinajstić information content (AvgIpc) is 2.94. The summed E-state index contributed by atoms with van der Waals surface area (Å²) in [7, 11) is 0. The zero-order valence-electron chi connectivity index (χ0n) is 12.1. The average molecular weight is 341 g/mol. The van der Waals surface area contributed by atoms with Gasteiger partial charge < -0.3 is 0 Å². The van der Waals surface area contributed by atoms with Crippen molar-refractivity contribution in [1.29, 1.82) is 0 Å². The summed E-state index contributed by atoms with van der Waals surface area (Å²) < 4.78 is 1.95. The van der Waals surface area contributed by atoms with Crippen LogP contribution in [-0.4, -0.2) is 21.1 Å². The quantitative estimate of drug-likeness (QED) is 0.547. The zero-order chi connectivity index (χ0) is 16.1. The first kappa shape index (κ1) is 15.4. The molecular weight excluding hydrogens is 328 g/mol. The predicted molar refractivity (Wildman–Crippen MR) is 97.2 cm³/mol. The topological polar surface area (TPSA) is 46.0 Å². The van der Waals surface area contributed by atoms with E-state index in [1.165, 1.54) is 0 Å². The minimum absolute atomic E-state index is 0.407. The van der Waals surface area contributed by atoms with Crippen LogP contribution in [-0.2, 0) is 0 Å². The van der Waals surface area contributed by atoms with Crippen LogP contribution in [0.25, 0.3) is 17.5 Å². The Kier molecular flexibility index (Phi) is 4.80. The van der Waals surface area contributed by atoms with E-state index in [0.717, 1.165) is 11.1 Å². The molecule has 23 heavy (non-hydrogen) atoms. The van der Waals surface area contributed by atoms with Gasteiger partial charge >= 0.3 is 0 Å². The number of hydrogen-bond acceptors (Lipinski definition) is 3. The lowest BCUT2D eigenvalue weighted by molar-refractivity contribution is 0.872. The van der Waals surface area contributed by atoms with Crippen molar-refractivity contribution in [1.82, 2.24) is 14.9 Å². The molecule has 1 N–H and O–H groups in total. The van der Waals surface area contributed by atoms with E-state index >= 15 is 0 Å². The lowest BCUT2D eigenvalue weighted by Gasteiger charge is -2.02. The van der Waals surface area contributed by atoms with Crippen molar-refractivity contribution < 1.29 is 0 Å². The fourth-order valence-electron chi connectivity index (χ4n) is 2.04. The van der Waals surface area contributed by atoms with Gasteiger partial charge in [0.25, 0.3) is 0 Å². The van der Waals surface area contributed by atoms with E-state index in [1.54, 1.807) is 17.0 Å². The SMILES string of the molecule is S=c1[nH]nc(-c2ccccc2Cl)n1/N=C/C=C/c1ccccc1. The second-order valence-electron chi connectivity index (χ2n) is 4.68. The largest absolute Gasteiger partial charge is 0.250 e. The van der Waals surface area contributed by atoms with Crippen molar-refractivity contribution in [2.75, 3.05) is 0 Å². The summed E-state index contributed by atoms with van der Waals surface area (Å²) in [6.07, 6.45) is 5.47. The predicted octanol–water partition coefficient (Wildman–Crippen LogP) is 4.81. The standard InChI is InChI=1S/C17H13ClN4S/c18-15-11-5-4-10-14(15)16-20-21-17(23)22(16)19-12-6-9-13-7-2-1-3-8-13/h1-12H,(H,21,23)/b9-6+,19-12+. The highest BCUT2D eigenvalue weighted by atomic mass is 35.5. The first-order valence-corrected chi connectivity index (χ1v) is 7.73. The molecule has 0 atom stereocenters. The third-order valence-electron chi connectivity index (χ3n) is 3.12. The van der Waals surface area contributed by atoms with Gasteiger partial charge in [-0.25, -0.2) is 5.10 Å². The van der Waals surface area contributed by atoms with Crippen molar-refractivity contribution >= 4 is 36.1 Å². The van der Waals surface area contributed by atoms with E-state index in [-0.39, 0.29) is 0 Å². The Morgan fingerprint density at radius 3 is 2.61 bits per heavy atom. The molecule has 3 rings (SSSR count). The fraction of sp³-hybridized carbons (Fsp3) is 0. The van der Waals surface area contributed by atoms with Gasteiger partial charge in [0, 0.05) is 11.8 Å². The van der Waals surface area contributed by atoms with Crippen LogP contribution in [0.1, 0.15) is 5.56 Å². The molecule has 2 aromatic carbocycles. The zero-order valence-corrected chi connectivity index (χ0v) is 13.6. The number of halogens is 1. The highest BCUT2D eigenvalue weighted by molar-refractivity contribution is 7.71. The summed E-state index contributed by atoms with van der Waals surface area (Å²) >= 11 is 11.4. The molecule has 0 saturated heterocycles. The first-order chi connectivity index (χ1) is 11.3. The van der Waals surface area contributed by atoms with Crippen molar-refractivity contribution in [2.45, 2.75) is 0 Å². The molecule has 1 aromatic heterocycles. The number of H-pyrrole nitrogens is 1. The molecule has 3 aromatic rings. The summed E-state index contributed by atoms with van der Waals surface area (Å²) in [4.78, 5) is 0. The van der Waals surface area contributed by atoms with Gasteiger partial charge in [-0.1, -0.05) is 60.1 Å². The molecule has 1 heterocycles. The minimum atomic E-state index is 0.407. The molecule has 4 nitrogen and oxygen atoms in total. The van der Waals surface area contributed by atoms with Crippen LogP contribution in [0.3, 0.4) is 0 Å². The third kappa shape index (κ3) is 3.64. The smallest absolute Gasteiger partial charge is 0.216 e. The lowest BCUT2D eigenvalue weighted by Crippen LogP contribution is -1.94. The van der Waals surface area contributed by atoms with E-state index in [4.69, 9.17) is 23.8 Å². The second kappa shape index (κ2) is 7.17. The molecule has 114 valence electrons. The fourth-order valence-corrected chi connectivity index (χ4v) is 2.44.